The number of likely N-dealkylation sites (tertiary alicyclic amines) is 1. The van der Waals surface area contributed by atoms with Gasteiger partial charge in [-0.25, -0.2) is 14.4 Å². The van der Waals surface area contributed by atoms with E-state index < -0.39 is 35.3 Å². The highest BCUT2D eigenvalue weighted by atomic mass is 32.1. The Labute approximate surface area is 393 Å². The number of rotatable bonds is 19. The van der Waals surface area contributed by atoms with Crippen LogP contribution in [0.2, 0.25) is 0 Å². The molecule has 4 heterocycles. The van der Waals surface area contributed by atoms with Crippen molar-refractivity contribution in [2.45, 2.75) is 117 Å². The number of hydrogen-bond donors (Lipinski definition) is 7. The molecule has 5 aromatic rings. The molecule has 18 heteroatoms. The van der Waals surface area contributed by atoms with E-state index in [4.69, 9.17) is 11.5 Å². The number of anilines is 3. The van der Waals surface area contributed by atoms with Gasteiger partial charge in [0.2, 0.25) is 29.5 Å². The average molecular weight is 937 g/mol. The molecule has 0 spiro atoms. The van der Waals surface area contributed by atoms with Crippen LogP contribution in [0.25, 0.3) is 32.3 Å². The topological polar surface area (TPSA) is 248 Å². The van der Waals surface area contributed by atoms with Crippen molar-refractivity contribution in [3.8, 4) is 21.6 Å². The molecule has 3 atom stereocenters. The average Bonchev–Trinajstić information content (AvgIpc) is 3.91. The number of nitrogen functional groups attached to an aromatic ring is 2. The predicted octanol–water partition coefficient (Wildman–Crippen LogP) is 6.33. The molecule has 2 aromatic carbocycles. The van der Waals surface area contributed by atoms with E-state index in [-0.39, 0.29) is 79.5 Å². The number of nitrogens with zero attached hydrogens (tertiary/aromatic N) is 4. The number of carbonyl (C=O) groups excluding carboxylic acids is 5. The molecular weight excluding hydrogens is 876 g/mol. The Bertz CT molecular complexity index is 2600. The fourth-order valence-electron chi connectivity index (χ4n) is 8.08. The SMILES string of the molecule is Cc1ncsc1-c1ccc(CNC(=O)[C@@H]2C[C@@H](O)CN2C(=O)[C@@H](NC(=O)CCCCCCNC(=O)CCCC(=O)Nc2cc3cc(-c4cncc(N)c4C)c(F)c(N)c3cn2)C(C)(C)C)cc1. The summed E-state index contributed by atoms with van der Waals surface area (Å²) in [6.07, 6.45) is 7.19. The molecule has 3 aromatic heterocycles. The highest BCUT2D eigenvalue weighted by molar-refractivity contribution is 7.13. The molecule has 0 aliphatic carbocycles. The number of aromatic nitrogens is 3. The van der Waals surface area contributed by atoms with Gasteiger partial charge in [0, 0.05) is 74.2 Å². The van der Waals surface area contributed by atoms with Crippen molar-refractivity contribution in [3.63, 3.8) is 0 Å². The Hall–Kier alpha value is -6.53. The number of aryl methyl sites for hydroxylation is 1. The van der Waals surface area contributed by atoms with Crippen LogP contribution in [0.1, 0.15) is 95.4 Å². The predicted molar refractivity (Wildman–Crippen MR) is 259 cm³/mol. The number of fused-ring (bicyclic) bond motifs is 1. The molecule has 0 saturated carbocycles. The van der Waals surface area contributed by atoms with Gasteiger partial charge in [0.05, 0.1) is 39.8 Å². The second-order valence-corrected chi connectivity index (χ2v) is 19.1. The van der Waals surface area contributed by atoms with Crippen LogP contribution in [0, 0.1) is 25.1 Å². The zero-order chi connectivity index (χ0) is 48.4. The van der Waals surface area contributed by atoms with Gasteiger partial charge in [-0.15, -0.1) is 11.3 Å². The number of β-amino-alcohol motifs (C(OH)–C–C–N with tert-alkyl or cyclic N) is 1. The smallest absolute Gasteiger partial charge is 0.246 e. The van der Waals surface area contributed by atoms with E-state index in [9.17, 15) is 29.1 Å². The van der Waals surface area contributed by atoms with Gasteiger partial charge in [0.15, 0.2) is 5.82 Å². The van der Waals surface area contributed by atoms with E-state index in [1.807, 2.05) is 52.0 Å². The van der Waals surface area contributed by atoms with Crippen molar-refractivity contribution < 1.29 is 33.5 Å². The second kappa shape index (κ2) is 22.3. The second-order valence-electron chi connectivity index (χ2n) is 18.2. The zero-order valence-corrected chi connectivity index (χ0v) is 39.5. The summed E-state index contributed by atoms with van der Waals surface area (Å²) in [4.78, 5) is 80.8. The van der Waals surface area contributed by atoms with Crippen LogP contribution in [0.5, 0.6) is 0 Å². The monoisotopic (exact) mass is 936 g/mol. The van der Waals surface area contributed by atoms with Crippen molar-refractivity contribution in [1.29, 1.82) is 0 Å². The first-order chi connectivity index (χ1) is 31.9. The van der Waals surface area contributed by atoms with Gasteiger partial charge < -0.3 is 42.7 Å². The fourth-order valence-corrected chi connectivity index (χ4v) is 8.90. The van der Waals surface area contributed by atoms with Crippen LogP contribution in [0.4, 0.5) is 21.6 Å². The summed E-state index contributed by atoms with van der Waals surface area (Å²) in [5.74, 6) is -1.92. The van der Waals surface area contributed by atoms with Crippen LogP contribution in [-0.4, -0.2) is 85.8 Å². The van der Waals surface area contributed by atoms with Crippen molar-refractivity contribution in [2.24, 2.45) is 5.41 Å². The Morgan fingerprint density at radius 2 is 1.60 bits per heavy atom. The van der Waals surface area contributed by atoms with Crippen LogP contribution in [0.3, 0.4) is 0 Å². The number of aliphatic hydroxyl groups is 1. The molecule has 356 valence electrons. The number of thiazole rings is 1. The molecule has 0 bridgehead atoms. The minimum Gasteiger partial charge on any atom is -0.397 e. The standard InChI is InChI=1S/C49H61FN10O6S/c1-28-35(23-53-25-37(28)51)34-19-32-20-39(55-24-36(32)44(52)43(34)50)58-41(63)13-10-12-40(62)54-18-9-7-6-8-11-42(64)59-46(49(3,4)5)48(66)60-26-33(61)21-38(60)47(65)56-22-30-14-16-31(17-15-30)45-29(2)57-27-67-45/h14-17,19-20,23-25,27,33,38,46,61H,6-13,18,21-22,26,51-52H2,1-5H3,(H,54,62)(H,56,65)(H,59,64)(H,55,58,63)/t33-,38+,46-/m1/s1. The van der Waals surface area contributed by atoms with Crippen LogP contribution >= 0.6 is 11.3 Å². The molecule has 5 amide bonds. The molecule has 1 aliphatic rings. The molecule has 1 saturated heterocycles. The van der Waals surface area contributed by atoms with E-state index in [0.29, 0.717) is 53.4 Å². The summed E-state index contributed by atoms with van der Waals surface area (Å²) in [6, 6.07) is 9.29. The van der Waals surface area contributed by atoms with Crippen molar-refractivity contribution in [3.05, 3.63) is 83.1 Å². The molecule has 0 unspecified atom stereocenters. The summed E-state index contributed by atoms with van der Waals surface area (Å²) < 4.78 is 15.3. The largest absolute Gasteiger partial charge is 0.397 e. The molecule has 6 rings (SSSR count). The third kappa shape index (κ3) is 12.9. The van der Waals surface area contributed by atoms with Gasteiger partial charge in [0.25, 0.3) is 0 Å². The first-order valence-electron chi connectivity index (χ1n) is 22.6. The number of amides is 5. The van der Waals surface area contributed by atoms with Gasteiger partial charge >= 0.3 is 0 Å². The minimum atomic E-state index is -0.913. The number of carbonyl (C=O) groups is 5. The van der Waals surface area contributed by atoms with Gasteiger partial charge in [-0.3, -0.25) is 29.0 Å². The molecule has 1 fully saturated rings. The number of hydrogen-bond acceptors (Lipinski definition) is 12. The lowest BCUT2D eigenvalue weighted by Gasteiger charge is -2.35. The van der Waals surface area contributed by atoms with E-state index in [2.05, 4.69) is 36.2 Å². The van der Waals surface area contributed by atoms with Gasteiger partial charge in [0.1, 0.15) is 17.9 Å². The lowest BCUT2D eigenvalue weighted by molar-refractivity contribution is -0.144. The zero-order valence-electron chi connectivity index (χ0n) is 38.7. The third-order valence-corrected chi connectivity index (χ3v) is 13.0. The lowest BCUT2D eigenvalue weighted by Crippen LogP contribution is -2.57. The number of halogens is 1. The summed E-state index contributed by atoms with van der Waals surface area (Å²) in [5.41, 5.74) is 17.9. The summed E-state index contributed by atoms with van der Waals surface area (Å²) in [7, 11) is 0. The number of aliphatic hydroxyl groups excluding tert-OH is 1. The van der Waals surface area contributed by atoms with E-state index >= 15 is 4.39 Å². The van der Waals surface area contributed by atoms with Gasteiger partial charge in [-0.1, -0.05) is 57.9 Å². The quantitative estimate of drug-likeness (QED) is 0.0356. The highest BCUT2D eigenvalue weighted by Gasteiger charge is 2.44. The number of pyridine rings is 2. The van der Waals surface area contributed by atoms with E-state index in [1.54, 1.807) is 35.9 Å². The van der Waals surface area contributed by atoms with Crippen molar-refractivity contribution in [2.75, 3.05) is 29.9 Å². The van der Waals surface area contributed by atoms with E-state index in [0.717, 1.165) is 34.5 Å². The first-order valence-corrected chi connectivity index (χ1v) is 23.5. The molecular formula is C49H61FN10O6S. The molecule has 9 N–H and O–H groups in total. The molecule has 1 aliphatic heterocycles. The number of nitrogens with one attached hydrogen (secondary N) is 4. The Morgan fingerprint density at radius 3 is 2.31 bits per heavy atom. The summed E-state index contributed by atoms with van der Waals surface area (Å²) in [6.45, 7) is 9.97. The first kappa shape index (κ1) is 49.9. The minimum absolute atomic E-state index is 0.00814. The maximum Gasteiger partial charge on any atom is 0.246 e. The van der Waals surface area contributed by atoms with Gasteiger partial charge in [-0.05, 0) is 72.7 Å². The maximum atomic E-state index is 15.3. The lowest BCUT2D eigenvalue weighted by atomic mass is 9.85. The van der Waals surface area contributed by atoms with Crippen molar-refractivity contribution >= 4 is 68.8 Å². The normalized spacial score (nSPS) is 15.3. The van der Waals surface area contributed by atoms with E-state index in [1.165, 1.54) is 23.5 Å². The third-order valence-electron chi connectivity index (χ3n) is 12.0. The Morgan fingerprint density at radius 1 is 0.881 bits per heavy atom. The molecule has 16 nitrogen and oxygen atoms in total. The fraction of sp³-hybridized carbons (Fsp3) is 0.429. The number of benzene rings is 2. The summed E-state index contributed by atoms with van der Waals surface area (Å²) in [5, 5.41) is 23.0. The summed E-state index contributed by atoms with van der Waals surface area (Å²) >= 11 is 1.57. The Kier molecular flexibility index (Phi) is 16.6. The van der Waals surface area contributed by atoms with Crippen LogP contribution in [-0.2, 0) is 30.5 Å². The Balaban J connectivity index is 0.871. The van der Waals surface area contributed by atoms with Gasteiger partial charge in [-0.2, -0.15) is 0 Å². The number of nitrogens with two attached hydrogens (primary N) is 2. The van der Waals surface area contributed by atoms with Crippen LogP contribution < -0.4 is 32.7 Å². The maximum absolute atomic E-state index is 15.3. The van der Waals surface area contributed by atoms with Crippen LogP contribution in [0.15, 0.2) is 60.5 Å². The van der Waals surface area contributed by atoms with Crippen molar-refractivity contribution in [1.82, 2.24) is 35.8 Å². The number of unbranched alkanes of at least 4 members (excludes halogenated alkanes) is 3. The highest BCUT2D eigenvalue weighted by Crippen LogP contribution is 2.36. The molecule has 67 heavy (non-hydrogen) atoms. The molecule has 0 radical (unpaired) electrons.